The minimum atomic E-state index is 0.902. The van der Waals surface area contributed by atoms with Crippen LogP contribution in [-0.2, 0) is 0 Å². The summed E-state index contributed by atoms with van der Waals surface area (Å²) in [5.74, 6) is 0. The van der Waals surface area contributed by atoms with Crippen LogP contribution in [-0.4, -0.2) is 0 Å². The molecule has 0 aliphatic carbocycles. The maximum atomic E-state index is 6.87. The van der Waals surface area contributed by atoms with Gasteiger partial charge in [0.2, 0.25) is 0 Å². The second-order valence-electron chi connectivity index (χ2n) is 13.5. The topological polar surface area (TPSA) is 13.1 Å². The van der Waals surface area contributed by atoms with E-state index in [1.165, 1.54) is 86.2 Å². The van der Waals surface area contributed by atoms with E-state index >= 15 is 0 Å². The van der Waals surface area contributed by atoms with Gasteiger partial charge in [-0.2, -0.15) is 0 Å². The van der Waals surface area contributed by atoms with Crippen LogP contribution in [0.2, 0.25) is 0 Å². The maximum Gasteiger partial charge on any atom is 0.144 e. The Balaban J connectivity index is 1.19. The second kappa shape index (κ2) is 11.5. The van der Waals surface area contributed by atoms with Gasteiger partial charge in [0.1, 0.15) is 11.2 Å². The van der Waals surface area contributed by atoms with E-state index in [0.717, 1.165) is 21.9 Å². The number of benzene rings is 9. The van der Waals surface area contributed by atoms with E-state index in [0.29, 0.717) is 0 Å². The lowest BCUT2D eigenvalue weighted by Crippen LogP contribution is -1.91. The summed E-state index contributed by atoms with van der Waals surface area (Å²) in [5.41, 5.74) is 10.5. The van der Waals surface area contributed by atoms with Gasteiger partial charge in [-0.1, -0.05) is 158 Å². The predicted molar refractivity (Wildman–Crippen MR) is 223 cm³/mol. The first-order valence-corrected chi connectivity index (χ1v) is 18.6. The number of hydrogen-bond acceptors (Lipinski definition) is 2. The molecule has 2 heteroatoms. The monoisotopic (exact) mass is 678 g/mol. The van der Waals surface area contributed by atoms with Gasteiger partial charge < -0.3 is 4.42 Å². The number of hydrogen-bond donors (Lipinski definition) is 0. The minimum Gasteiger partial charge on any atom is -0.455 e. The number of furan rings is 1. The molecule has 0 saturated heterocycles. The Morgan fingerprint density at radius 2 is 0.962 bits per heavy atom. The number of fused-ring (bicyclic) bond motifs is 8. The molecule has 0 radical (unpaired) electrons. The lowest BCUT2D eigenvalue weighted by Gasteiger charge is -2.18. The largest absolute Gasteiger partial charge is 0.455 e. The van der Waals surface area contributed by atoms with Crippen molar-refractivity contribution in [2.24, 2.45) is 0 Å². The molecule has 0 bridgehead atoms. The van der Waals surface area contributed by atoms with Crippen LogP contribution in [0.25, 0.3) is 108 Å². The van der Waals surface area contributed by atoms with Crippen LogP contribution in [0, 0.1) is 0 Å². The van der Waals surface area contributed by atoms with Crippen LogP contribution >= 0.6 is 11.3 Å². The zero-order valence-corrected chi connectivity index (χ0v) is 29.0. The van der Waals surface area contributed by atoms with E-state index in [-0.39, 0.29) is 0 Å². The molecule has 11 aromatic rings. The minimum absolute atomic E-state index is 0.902. The summed E-state index contributed by atoms with van der Waals surface area (Å²) in [6.45, 7) is 0. The third kappa shape index (κ3) is 4.35. The van der Waals surface area contributed by atoms with Crippen molar-refractivity contribution in [3.63, 3.8) is 0 Å². The second-order valence-corrected chi connectivity index (χ2v) is 14.6. The third-order valence-corrected chi connectivity index (χ3v) is 11.9. The summed E-state index contributed by atoms with van der Waals surface area (Å²) < 4.78 is 8.09. The fourth-order valence-corrected chi connectivity index (χ4v) is 9.65. The average Bonchev–Trinajstić information content (AvgIpc) is 3.79. The van der Waals surface area contributed by atoms with Crippen LogP contribution in [0.5, 0.6) is 0 Å². The lowest BCUT2D eigenvalue weighted by molar-refractivity contribution is 0.673. The van der Waals surface area contributed by atoms with Crippen molar-refractivity contribution in [1.29, 1.82) is 0 Å². The van der Waals surface area contributed by atoms with Crippen LogP contribution in [0.15, 0.2) is 186 Å². The first-order chi connectivity index (χ1) is 25.8. The molecular weight excluding hydrogens is 649 g/mol. The van der Waals surface area contributed by atoms with Crippen molar-refractivity contribution >= 4 is 75.7 Å². The van der Waals surface area contributed by atoms with E-state index in [1.807, 2.05) is 11.3 Å². The normalized spacial score (nSPS) is 11.8. The molecule has 242 valence electrons. The van der Waals surface area contributed by atoms with Crippen LogP contribution in [0.3, 0.4) is 0 Å². The molecule has 0 aliphatic rings. The van der Waals surface area contributed by atoms with Crippen molar-refractivity contribution in [1.82, 2.24) is 0 Å². The Morgan fingerprint density at radius 1 is 0.365 bits per heavy atom. The van der Waals surface area contributed by atoms with Crippen molar-refractivity contribution < 1.29 is 4.42 Å². The Hall–Kier alpha value is -6.48. The van der Waals surface area contributed by atoms with Gasteiger partial charge in [-0.15, -0.1) is 11.3 Å². The summed E-state index contributed by atoms with van der Waals surface area (Å²) in [6.07, 6.45) is 0. The predicted octanol–water partition coefficient (Wildman–Crippen LogP) is 14.9. The van der Waals surface area contributed by atoms with E-state index in [4.69, 9.17) is 4.42 Å². The van der Waals surface area contributed by atoms with Crippen molar-refractivity contribution in [3.8, 4) is 43.8 Å². The Morgan fingerprint density at radius 3 is 1.67 bits per heavy atom. The molecule has 0 aliphatic heterocycles. The highest BCUT2D eigenvalue weighted by molar-refractivity contribution is 7.23. The molecular formula is C50H30OS. The van der Waals surface area contributed by atoms with Gasteiger partial charge in [-0.05, 0) is 90.0 Å². The highest BCUT2D eigenvalue weighted by atomic mass is 32.1. The number of rotatable bonds is 4. The molecule has 0 fully saturated rings. The number of thiophene rings is 1. The SMILES string of the molecule is c1ccc(-c2sc3ccc4c5cc(-c6c7ccccc7c(-c7cccc8ccccc78)c7ccccc67)ccc5oc4c3c2-c2ccccc2)cc1. The van der Waals surface area contributed by atoms with Crippen molar-refractivity contribution in [3.05, 3.63) is 182 Å². The Kier molecular flexibility index (Phi) is 6.49. The van der Waals surface area contributed by atoms with Crippen molar-refractivity contribution in [2.45, 2.75) is 0 Å². The standard InChI is InChI=1S/C50H30OS/c1-3-15-32(16-4-1)46-48-44(52-50(46)33-17-5-2-6-18-33)29-27-41-42-30-34(26-28-43(42)51-49(41)48)45-37-21-9-11-23-39(37)47(40-24-12-10-22-38(40)45)36-25-13-19-31-14-7-8-20-35(31)36/h1-30H. The molecule has 0 atom stereocenters. The van der Waals surface area contributed by atoms with Gasteiger partial charge in [-0.3, -0.25) is 0 Å². The molecule has 9 aromatic carbocycles. The van der Waals surface area contributed by atoms with E-state index in [1.54, 1.807) is 0 Å². The van der Waals surface area contributed by atoms with Gasteiger partial charge in [0, 0.05) is 31.3 Å². The summed E-state index contributed by atoms with van der Waals surface area (Å²) >= 11 is 1.84. The van der Waals surface area contributed by atoms with Gasteiger partial charge in [-0.25, -0.2) is 0 Å². The summed E-state index contributed by atoms with van der Waals surface area (Å²) in [6, 6.07) is 66.0. The first kappa shape index (κ1) is 29.3. The van der Waals surface area contributed by atoms with E-state index in [2.05, 4.69) is 182 Å². The molecule has 2 aromatic heterocycles. The average molecular weight is 679 g/mol. The van der Waals surface area contributed by atoms with Gasteiger partial charge >= 0.3 is 0 Å². The van der Waals surface area contributed by atoms with Crippen LogP contribution < -0.4 is 0 Å². The smallest absolute Gasteiger partial charge is 0.144 e. The lowest BCUT2D eigenvalue weighted by atomic mass is 9.84. The fraction of sp³-hybridized carbons (Fsp3) is 0. The molecule has 0 amide bonds. The summed E-state index contributed by atoms with van der Waals surface area (Å²) in [7, 11) is 0. The molecule has 0 spiro atoms. The molecule has 52 heavy (non-hydrogen) atoms. The zero-order chi connectivity index (χ0) is 34.2. The highest BCUT2D eigenvalue weighted by Crippen LogP contribution is 2.50. The van der Waals surface area contributed by atoms with Gasteiger partial charge in [0.05, 0.1) is 0 Å². The van der Waals surface area contributed by atoms with Crippen molar-refractivity contribution in [2.75, 3.05) is 0 Å². The van der Waals surface area contributed by atoms with Crippen LogP contribution in [0.4, 0.5) is 0 Å². The van der Waals surface area contributed by atoms with Gasteiger partial charge in [0.15, 0.2) is 0 Å². The fourth-order valence-electron chi connectivity index (χ4n) is 8.42. The highest BCUT2D eigenvalue weighted by Gasteiger charge is 2.22. The first-order valence-electron chi connectivity index (χ1n) is 17.8. The van der Waals surface area contributed by atoms with Crippen LogP contribution in [0.1, 0.15) is 0 Å². The van der Waals surface area contributed by atoms with E-state index < -0.39 is 0 Å². The molecule has 1 nitrogen and oxygen atoms in total. The molecule has 0 unspecified atom stereocenters. The Bertz CT molecular complexity index is 3100. The Labute approximate surface area is 304 Å². The quantitative estimate of drug-likeness (QED) is 0.169. The maximum absolute atomic E-state index is 6.87. The molecule has 0 N–H and O–H groups in total. The summed E-state index contributed by atoms with van der Waals surface area (Å²) in [5, 5.41) is 11.0. The zero-order valence-electron chi connectivity index (χ0n) is 28.1. The molecule has 2 heterocycles. The molecule has 0 saturated carbocycles. The molecule has 11 rings (SSSR count). The summed E-state index contributed by atoms with van der Waals surface area (Å²) in [4.78, 5) is 1.26. The third-order valence-electron chi connectivity index (χ3n) is 10.7. The van der Waals surface area contributed by atoms with Gasteiger partial charge in [0.25, 0.3) is 0 Å². The van der Waals surface area contributed by atoms with E-state index in [9.17, 15) is 0 Å².